The van der Waals surface area contributed by atoms with E-state index in [1.54, 1.807) is 0 Å². The smallest absolute Gasteiger partial charge is 0.127 e. The van der Waals surface area contributed by atoms with Gasteiger partial charge >= 0.3 is 0 Å². The first-order valence-corrected chi connectivity index (χ1v) is 5.25. The van der Waals surface area contributed by atoms with E-state index in [-0.39, 0.29) is 0 Å². The van der Waals surface area contributed by atoms with E-state index < -0.39 is 0 Å². The van der Waals surface area contributed by atoms with E-state index in [0.717, 1.165) is 16.5 Å². The Morgan fingerprint density at radius 1 is 1.21 bits per heavy atom. The molecule has 0 bridgehead atoms. The highest BCUT2D eigenvalue weighted by molar-refractivity contribution is 6.30. The zero-order valence-corrected chi connectivity index (χ0v) is 8.97. The molecule has 2 heteroatoms. The molecule has 1 nitrogen and oxygen atoms in total. The second-order valence-corrected chi connectivity index (χ2v) is 4.01. The normalized spacial score (nSPS) is 14.9. The summed E-state index contributed by atoms with van der Waals surface area (Å²) in [5, 5.41) is 0.742. The molecule has 0 saturated heterocycles. The van der Waals surface area contributed by atoms with Crippen LogP contribution >= 0.6 is 11.6 Å². The van der Waals surface area contributed by atoms with Crippen LogP contribution in [0.2, 0.25) is 5.02 Å². The van der Waals surface area contributed by atoms with E-state index in [1.807, 2.05) is 31.2 Å². The van der Waals surface area contributed by atoms with Gasteiger partial charge in [-0.3, -0.25) is 0 Å². The van der Waals surface area contributed by atoms with E-state index in [4.69, 9.17) is 16.3 Å². The molecule has 74 valence electrons. The maximum absolute atomic E-state index is 5.78. The first-order valence-electron chi connectivity index (χ1n) is 4.88. The van der Waals surface area contributed by atoms with Crippen LogP contribution in [0.15, 0.2) is 35.6 Å². The lowest BCUT2D eigenvalue weighted by Crippen LogP contribution is -2.04. The monoisotopic (exact) mass is 208 g/mol. The average molecular weight is 209 g/mol. The summed E-state index contributed by atoms with van der Waals surface area (Å²) in [6.07, 6.45) is 3.69. The van der Waals surface area contributed by atoms with E-state index in [1.165, 1.54) is 24.8 Å². The third-order valence-electron chi connectivity index (χ3n) is 2.54. The first-order chi connectivity index (χ1) is 6.75. The quantitative estimate of drug-likeness (QED) is 0.663. The standard InChI is InChI=1S/C12H13ClO/c1-9(10-3-2-4-10)14-12-7-5-11(13)6-8-12/h5-8H,2-4H2,1H3. The van der Waals surface area contributed by atoms with E-state index in [0.29, 0.717) is 0 Å². The summed E-state index contributed by atoms with van der Waals surface area (Å²) in [5.74, 6) is 1.92. The van der Waals surface area contributed by atoms with Crippen LogP contribution in [0.5, 0.6) is 5.75 Å². The van der Waals surface area contributed by atoms with Gasteiger partial charge in [0.25, 0.3) is 0 Å². The molecule has 0 aromatic heterocycles. The van der Waals surface area contributed by atoms with Crippen molar-refractivity contribution in [2.24, 2.45) is 0 Å². The molecule has 0 aliphatic heterocycles. The van der Waals surface area contributed by atoms with Crippen molar-refractivity contribution in [3.63, 3.8) is 0 Å². The summed E-state index contributed by atoms with van der Waals surface area (Å²) in [4.78, 5) is 0. The van der Waals surface area contributed by atoms with Crippen molar-refractivity contribution in [2.45, 2.75) is 26.2 Å². The Balaban J connectivity index is 2.07. The van der Waals surface area contributed by atoms with Crippen LogP contribution < -0.4 is 4.74 Å². The predicted molar refractivity (Wildman–Crippen MR) is 58.6 cm³/mol. The van der Waals surface area contributed by atoms with Gasteiger partial charge < -0.3 is 4.74 Å². The minimum atomic E-state index is 0.742. The summed E-state index contributed by atoms with van der Waals surface area (Å²) >= 11 is 5.78. The lowest BCUT2D eigenvalue weighted by Gasteiger charge is -2.19. The van der Waals surface area contributed by atoms with Crippen molar-refractivity contribution in [1.82, 2.24) is 0 Å². The summed E-state index contributed by atoms with van der Waals surface area (Å²) < 4.78 is 5.69. The third-order valence-corrected chi connectivity index (χ3v) is 2.79. The summed E-state index contributed by atoms with van der Waals surface area (Å²) in [6.45, 7) is 2.03. The van der Waals surface area contributed by atoms with Crippen LogP contribution in [0, 0.1) is 0 Å². The molecule has 0 radical (unpaired) electrons. The average Bonchev–Trinajstić information content (AvgIpc) is 2.06. The second kappa shape index (κ2) is 4.05. The molecule has 1 aromatic carbocycles. The van der Waals surface area contributed by atoms with Crippen LogP contribution in [0.4, 0.5) is 0 Å². The molecule has 0 spiro atoms. The molecule has 1 aromatic rings. The van der Waals surface area contributed by atoms with Crippen LogP contribution in [-0.4, -0.2) is 0 Å². The molecule has 1 fully saturated rings. The van der Waals surface area contributed by atoms with Gasteiger partial charge in [0, 0.05) is 5.02 Å². The summed E-state index contributed by atoms with van der Waals surface area (Å²) in [7, 11) is 0. The third kappa shape index (κ3) is 2.10. The lowest BCUT2D eigenvalue weighted by molar-refractivity contribution is 0.403. The summed E-state index contributed by atoms with van der Waals surface area (Å²) in [6, 6.07) is 7.47. The first kappa shape index (κ1) is 9.60. The zero-order chi connectivity index (χ0) is 9.97. The highest BCUT2D eigenvalue weighted by Crippen LogP contribution is 2.30. The molecule has 0 atom stereocenters. The van der Waals surface area contributed by atoms with Crippen LogP contribution in [-0.2, 0) is 0 Å². The van der Waals surface area contributed by atoms with Gasteiger partial charge in [-0.15, -0.1) is 0 Å². The molecule has 2 rings (SSSR count). The van der Waals surface area contributed by atoms with Crippen LogP contribution in [0.1, 0.15) is 26.2 Å². The Bertz CT molecular complexity index is 345. The van der Waals surface area contributed by atoms with Gasteiger partial charge in [0.1, 0.15) is 11.5 Å². The fourth-order valence-corrected chi connectivity index (χ4v) is 1.58. The van der Waals surface area contributed by atoms with Crippen molar-refractivity contribution in [2.75, 3.05) is 0 Å². The van der Waals surface area contributed by atoms with Gasteiger partial charge in [-0.1, -0.05) is 11.6 Å². The molecule has 1 aliphatic carbocycles. The van der Waals surface area contributed by atoms with Gasteiger partial charge in [-0.25, -0.2) is 0 Å². The number of ether oxygens (including phenoxy) is 1. The number of rotatable bonds is 2. The Hall–Kier alpha value is -0.950. The molecule has 1 saturated carbocycles. The largest absolute Gasteiger partial charge is 0.462 e. The molecule has 0 unspecified atom stereocenters. The molecule has 0 amide bonds. The molecule has 1 aliphatic rings. The van der Waals surface area contributed by atoms with Gasteiger partial charge in [-0.2, -0.15) is 0 Å². The molecular formula is C12H13ClO. The Morgan fingerprint density at radius 2 is 1.86 bits per heavy atom. The maximum Gasteiger partial charge on any atom is 0.127 e. The van der Waals surface area contributed by atoms with E-state index >= 15 is 0 Å². The van der Waals surface area contributed by atoms with Gasteiger partial charge in [-0.05, 0) is 56.0 Å². The van der Waals surface area contributed by atoms with Crippen LogP contribution in [0.25, 0.3) is 0 Å². The Morgan fingerprint density at radius 3 is 2.36 bits per heavy atom. The van der Waals surface area contributed by atoms with Crippen molar-refractivity contribution in [3.05, 3.63) is 40.6 Å². The number of benzene rings is 1. The fourth-order valence-electron chi connectivity index (χ4n) is 1.46. The predicted octanol–water partition coefficient (Wildman–Crippen LogP) is 4.18. The van der Waals surface area contributed by atoms with Crippen LogP contribution in [0.3, 0.4) is 0 Å². The topological polar surface area (TPSA) is 9.23 Å². The highest BCUT2D eigenvalue weighted by atomic mass is 35.5. The van der Waals surface area contributed by atoms with Crippen molar-refractivity contribution >= 4 is 11.6 Å². The van der Waals surface area contributed by atoms with Gasteiger partial charge in [0.05, 0.1) is 0 Å². The minimum Gasteiger partial charge on any atom is -0.462 e. The van der Waals surface area contributed by atoms with Gasteiger partial charge in [0.2, 0.25) is 0 Å². The lowest BCUT2D eigenvalue weighted by atomic mass is 9.91. The SMILES string of the molecule is CC(Oc1ccc(Cl)cc1)=C1CCC1. The van der Waals surface area contributed by atoms with E-state index in [2.05, 4.69) is 0 Å². The Kier molecular flexibility index (Phi) is 2.78. The Labute approximate surface area is 89.3 Å². The number of allylic oxidation sites excluding steroid dienone is 2. The number of halogens is 1. The van der Waals surface area contributed by atoms with Gasteiger partial charge in [0.15, 0.2) is 0 Å². The fraction of sp³-hybridized carbons (Fsp3) is 0.333. The number of hydrogen-bond donors (Lipinski definition) is 0. The molecule has 0 heterocycles. The van der Waals surface area contributed by atoms with Crippen molar-refractivity contribution in [3.8, 4) is 5.75 Å². The van der Waals surface area contributed by atoms with Crippen molar-refractivity contribution in [1.29, 1.82) is 0 Å². The molecule has 14 heavy (non-hydrogen) atoms. The minimum absolute atomic E-state index is 0.742. The van der Waals surface area contributed by atoms with Crippen molar-refractivity contribution < 1.29 is 4.74 Å². The zero-order valence-electron chi connectivity index (χ0n) is 8.22. The summed E-state index contributed by atoms with van der Waals surface area (Å²) in [5.41, 5.74) is 1.44. The molecular weight excluding hydrogens is 196 g/mol. The second-order valence-electron chi connectivity index (χ2n) is 3.57. The maximum atomic E-state index is 5.78. The molecule has 0 N–H and O–H groups in total. The van der Waals surface area contributed by atoms with E-state index in [9.17, 15) is 0 Å². The number of hydrogen-bond acceptors (Lipinski definition) is 1. The highest BCUT2D eigenvalue weighted by Gasteiger charge is 2.12.